The van der Waals surface area contributed by atoms with E-state index in [4.69, 9.17) is 9.84 Å². The van der Waals surface area contributed by atoms with Crippen molar-refractivity contribution in [3.8, 4) is 0 Å². The minimum absolute atomic E-state index is 0.0224. The Labute approximate surface area is 125 Å². The highest BCUT2D eigenvalue weighted by atomic mass is 32.2. The topological polar surface area (TPSA) is 92.7 Å². The highest BCUT2D eigenvalue weighted by Gasteiger charge is 2.21. The van der Waals surface area contributed by atoms with Crippen LogP contribution in [-0.2, 0) is 21.2 Å². The van der Waals surface area contributed by atoms with Crippen molar-refractivity contribution in [2.24, 2.45) is 0 Å². The summed E-state index contributed by atoms with van der Waals surface area (Å²) in [5.74, 6) is -1.15. The van der Waals surface area contributed by atoms with Gasteiger partial charge in [-0.25, -0.2) is 17.9 Å². The van der Waals surface area contributed by atoms with Crippen molar-refractivity contribution in [2.75, 3.05) is 13.7 Å². The molecule has 1 atom stereocenters. The van der Waals surface area contributed by atoms with E-state index >= 15 is 0 Å². The van der Waals surface area contributed by atoms with Gasteiger partial charge < -0.3 is 9.84 Å². The number of carboxylic acids is 1. The molecule has 0 bridgehead atoms. The van der Waals surface area contributed by atoms with Crippen LogP contribution in [0.3, 0.4) is 0 Å². The summed E-state index contributed by atoms with van der Waals surface area (Å²) < 4.78 is 32.3. The standard InChI is InChI=1S/C14H21NO5S/c1-4-11-5-6-12(14(16)17)9-13(11)21(18,19)15-10(2)7-8-20-3/h5-6,9-10,15H,4,7-8H2,1-3H3,(H,16,17). The SMILES string of the molecule is CCc1ccc(C(=O)O)cc1S(=O)(=O)NC(C)CCOC. The van der Waals surface area contributed by atoms with Crippen LogP contribution < -0.4 is 4.72 Å². The van der Waals surface area contributed by atoms with E-state index in [1.807, 2.05) is 6.92 Å². The van der Waals surface area contributed by atoms with E-state index < -0.39 is 16.0 Å². The maximum atomic E-state index is 12.4. The van der Waals surface area contributed by atoms with Crippen molar-refractivity contribution in [3.05, 3.63) is 29.3 Å². The Hall–Kier alpha value is -1.44. The fourth-order valence-corrected chi connectivity index (χ4v) is 3.53. The van der Waals surface area contributed by atoms with Crippen molar-refractivity contribution in [3.63, 3.8) is 0 Å². The summed E-state index contributed by atoms with van der Waals surface area (Å²) in [5, 5.41) is 9.00. The van der Waals surface area contributed by atoms with Gasteiger partial charge in [0, 0.05) is 19.8 Å². The van der Waals surface area contributed by atoms with Gasteiger partial charge in [0.05, 0.1) is 10.5 Å². The Bertz CT molecular complexity index is 597. The quantitative estimate of drug-likeness (QED) is 0.761. The van der Waals surface area contributed by atoms with Gasteiger partial charge in [0.25, 0.3) is 0 Å². The maximum absolute atomic E-state index is 12.4. The predicted octanol–water partition coefficient (Wildman–Crippen LogP) is 1.65. The number of hydrogen-bond acceptors (Lipinski definition) is 4. The molecule has 7 heteroatoms. The molecule has 0 aromatic heterocycles. The summed E-state index contributed by atoms with van der Waals surface area (Å²) in [6.45, 7) is 4.01. The second-order valence-electron chi connectivity index (χ2n) is 4.79. The Morgan fingerprint density at radius 3 is 2.62 bits per heavy atom. The molecule has 1 aromatic rings. The Balaban J connectivity index is 3.11. The third-order valence-corrected chi connectivity index (χ3v) is 4.77. The largest absolute Gasteiger partial charge is 0.478 e. The molecule has 0 saturated carbocycles. The van der Waals surface area contributed by atoms with Crippen molar-refractivity contribution in [1.29, 1.82) is 0 Å². The lowest BCUT2D eigenvalue weighted by Gasteiger charge is -2.16. The first-order valence-electron chi connectivity index (χ1n) is 6.69. The van der Waals surface area contributed by atoms with Crippen LogP contribution in [0.25, 0.3) is 0 Å². The minimum atomic E-state index is -3.76. The molecule has 0 amide bonds. The van der Waals surface area contributed by atoms with Crippen LogP contribution in [0.4, 0.5) is 0 Å². The van der Waals surface area contributed by atoms with E-state index in [-0.39, 0.29) is 16.5 Å². The van der Waals surface area contributed by atoms with Gasteiger partial charge in [-0.3, -0.25) is 0 Å². The predicted molar refractivity (Wildman–Crippen MR) is 79.1 cm³/mol. The molecule has 0 saturated heterocycles. The van der Waals surface area contributed by atoms with Crippen LogP contribution in [0, 0.1) is 0 Å². The second-order valence-corrected chi connectivity index (χ2v) is 6.47. The van der Waals surface area contributed by atoms with Crippen molar-refractivity contribution >= 4 is 16.0 Å². The van der Waals surface area contributed by atoms with Gasteiger partial charge in [0.2, 0.25) is 10.0 Å². The first-order chi connectivity index (χ1) is 9.81. The summed E-state index contributed by atoms with van der Waals surface area (Å²) in [6.07, 6.45) is 1.04. The first-order valence-corrected chi connectivity index (χ1v) is 8.17. The van der Waals surface area contributed by atoms with Gasteiger partial charge in [-0.1, -0.05) is 13.0 Å². The van der Waals surface area contributed by atoms with Gasteiger partial charge in [-0.15, -0.1) is 0 Å². The van der Waals surface area contributed by atoms with Gasteiger partial charge >= 0.3 is 5.97 Å². The molecule has 0 heterocycles. The molecule has 0 aliphatic rings. The van der Waals surface area contributed by atoms with Crippen molar-refractivity contribution in [1.82, 2.24) is 4.72 Å². The monoisotopic (exact) mass is 315 g/mol. The van der Waals surface area contributed by atoms with Crippen molar-refractivity contribution < 1.29 is 23.1 Å². The van der Waals surface area contributed by atoms with Gasteiger partial charge in [0.1, 0.15) is 0 Å². The molecule has 6 nitrogen and oxygen atoms in total. The number of carboxylic acid groups (broad SMARTS) is 1. The lowest BCUT2D eigenvalue weighted by molar-refractivity contribution is 0.0696. The molecule has 118 valence electrons. The molecule has 1 rings (SSSR count). The molecule has 2 N–H and O–H groups in total. The average molecular weight is 315 g/mol. The van der Waals surface area contributed by atoms with Gasteiger partial charge in [0.15, 0.2) is 0 Å². The number of ether oxygens (including phenoxy) is 1. The van der Waals surface area contributed by atoms with E-state index in [0.717, 1.165) is 0 Å². The van der Waals surface area contributed by atoms with Crippen LogP contribution in [0.15, 0.2) is 23.1 Å². The number of nitrogens with one attached hydrogen (secondary N) is 1. The second kappa shape index (κ2) is 7.53. The zero-order chi connectivity index (χ0) is 16.0. The molecule has 0 aliphatic heterocycles. The third-order valence-electron chi connectivity index (χ3n) is 3.10. The molecular formula is C14H21NO5S. The number of aromatic carboxylic acids is 1. The van der Waals surface area contributed by atoms with Crippen LogP contribution in [0.2, 0.25) is 0 Å². The molecule has 1 unspecified atom stereocenters. The van der Waals surface area contributed by atoms with Gasteiger partial charge in [-0.2, -0.15) is 0 Å². The first kappa shape index (κ1) is 17.6. The van der Waals surface area contributed by atoms with Crippen LogP contribution in [0.5, 0.6) is 0 Å². The number of sulfonamides is 1. The van der Waals surface area contributed by atoms with E-state index in [0.29, 0.717) is 25.0 Å². The van der Waals surface area contributed by atoms with E-state index in [2.05, 4.69) is 4.72 Å². The highest BCUT2D eigenvalue weighted by Crippen LogP contribution is 2.19. The number of aryl methyl sites for hydroxylation is 1. The molecular weight excluding hydrogens is 294 g/mol. The Kier molecular flexibility index (Phi) is 6.32. The van der Waals surface area contributed by atoms with E-state index in [1.165, 1.54) is 18.2 Å². The zero-order valence-corrected chi connectivity index (χ0v) is 13.2. The van der Waals surface area contributed by atoms with Crippen LogP contribution in [0.1, 0.15) is 36.2 Å². The summed E-state index contributed by atoms with van der Waals surface area (Å²) in [7, 11) is -2.21. The fourth-order valence-electron chi connectivity index (χ4n) is 1.91. The van der Waals surface area contributed by atoms with Gasteiger partial charge in [-0.05, 0) is 37.5 Å². The van der Waals surface area contributed by atoms with Crippen LogP contribution >= 0.6 is 0 Å². The number of carbonyl (C=O) groups is 1. The zero-order valence-electron chi connectivity index (χ0n) is 12.4. The van der Waals surface area contributed by atoms with E-state index in [9.17, 15) is 13.2 Å². The molecule has 21 heavy (non-hydrogen) atoms. The van der Waals surface area contributed by atoms with Crippen molar-refractivity contribution in [2.45, 2.75) is 37.6 Å². The number of methoxy groups -OCH3 is 1. The Morgan fingerprint density at radius 1 is 1.43 bits per heavy atom. The maximum Gasteiger partial charge on any atom is 0.335 e. The molecule has 0 spiro atoms. The molecule has 0 radical (unpaired) electrons. The van der Waals surface area contributed by atoms with E-state index in [1.54, 1.807) is 14.0 Å². The highest BCUT2D eigenvalue weighted by molar-refractivity contribution is 7.89. The lowest BCUT2D eigenvalue weighted by Crippen LogP contribution is -2.34. The smallest absolute Gasteiger partial charge is 0.335 e. The Morgan fingerprint density at radius 2 is 2.10 bits per heavy atom. The molecule has 1 aromatic carbocycles. The molecule has 0 fully saturated rings. The minimum Gasteiger partial charge on any atom is -0.478 e. The summed E-state index contributed by atoms with van der Waals surface area (Å²) in [4.78, 5) is 11.0. The summed E-state index contributed by atoms with van der Waals surface area (Å²) >= 11 is 0. The summed E-state index contributed by atoms with van der Waals surface area (Å²) in [5.41, 5.74) is 0.545. The number of rotatable bonds is 8. The average Bonchev–Trinajstić information content (AvgIpc) is 2.43. The van der Waals surface area contributed by atoms with Crippen LogP contribution in [-0.4, -0.2) is 39.3 Å². The lowest BCUT2D eigenvalue weighted by atomic mass is 10.1. The molecule has 0 aliphatic carbocycles. The third kappa shape index (κ3) is 4.80. The number of hydrogen-bond donors (Lipinski definition) is 2. The fraction of sp³-hybridized carbons (Fsp3) is 0.500. The normalized spacial score (nSPS) is 13.1. The number of benzene rings is 1. The summed E-state index contributed by atoms with van der Waals surface area (Å²) in [6, 6.07) is 3.85.